The molecule has 3 unspecified atom stereocenters. The number of fused-ring (bicyclic) bond motifs is 2. The van der Waals surface area contributed by atoms with E-state index in [-0.39, 0.29) is 0 Å². The molecule has 3 aliphatic carbocycles. The molecule has 0 radical (unpaired) electrons. The Bertz CT molecular complexity index is 695. The Kier molecular flexibility index (Phi) is 2.63. The topological polar surface area (TPSA) is 0 Å². The van der Waals surface area contributed by atoms with Gasteiger partial charge in [-0.3, -0.25) is 0 Å². The monoisotopic (exact) mass is 258 g/mol. The lowest BCUT2D eigenvalue weighted by atomic mass is 9.77. The summed E-state index contributed by atoms with van der Waals surface area (Å²) in [7, 11) is 0. The molecule has 0 aromatic heterocycles. The molecule has 0 heteroatoms. The largest absolute Gasteiger partial charge is 0.0758 e. The highest BCUT2D eigenvalue weighted by Gasteiger charge is 2.31. The molecular formula is C20H18. The van der Waals surface area contributed by atoms with E-state index in [1.165, 1.54) is 16.7 Å². The van der Waals surface area contributed by atoms with Crippen molar-refractivity contribution in [2.45, 2.75) is 12.8 Å². The zero-order valence-corrected chi connectivity index (χ0v) is 11.7. The molecule has 98 valence electrons. The fraction of sp³-hybridized carbons (Fsp3) is 0.200. The summed E-state index contributed by atoms with van der Waals surface area (Å²) in [5, 5.41) is 0. The second-order valence-electron chi connectivity index (χ2n) is 5.86. The fourth-order valence-electron chi connectivity index (χ4n) is 3.67. The molecule has 4 rings (SSSR count). The minimum Gasteiger partial charge on any atom is -0.0758 e. The molecule has 0 fully saturated rings. The molecule has 20 heavy (non-hydrogen) atoms. The Balaban J connectivity index is 1.64. The maximum Gasteiger partial charge on any atom is 0.0237 e. The highest BCUT2D eigenvalue weighted by atomic mass is 14.3. The second kappa shape index (κ2) is 4.49. The van der Waals surface area contributed by atoms with Crippen LogP contribution < -0.4 is 0 Å². The van der Waals surface area contributed by atoms with Gasteiger partial charge in [-0.2, -0.15) is 0 Å². The van der Waals surface area contributed by atoms with Gasteiger partial charge in [-0.1, -0.05) is 85.4 Å². The van der Waals surface area contributed by atoms with Crippen molar-refractivity contribution in [3.63, 3.8) is 0 Å². The van der Waals surface area contributed by atoms with E-state index in [4.69, 9.17) is 0 Å². The summed E-state index contributed by atoms with van der Waals surface area (Å²) in [6, 6.07) is 8.77. The maximum absolute atomic E-state index is 2.37. The Hall–Kier alpha value is -2.08. The van der Waals surface area contributed by atoms with Crippen molar-refractivity contribution in [3.8, 4) is 0 Å². The highest BCUT2D eigenvalue weighted by Crippen LogP contribution is 2.44. The van der Waals surface area contributed by atoms with Crippen LogP contribution in [0.4, 0.5) is 0 Å². The molecular weight excluding hydrogens is 240 g/mol. The summed E-state index contributed by atoms with van der Waals surface area (Å²) in [6.45, 7) is 2.37. The van der Waals surface area contributed by atoms with Gasteiger partial charge in [0, 0.05) is 11.8 Å². The molecule has 3 atom stereocenters. The van der Waals surface area contributed by atoms with Crippen molar-refractivity contribution in [1.29, 1.82) is 0 Å². The third-order valence-electron chi connectivity index (χ3n) is 4.79. The van der Waals surface area contributed by atoms with Crippen LogP contribution in [-0.4, -0.2) is 0 Å². The van der Waals surface area contributed by atoms with Gasteiger partial charge in [-0.05, 0) is 22.6 Å². The summed E-state index contributed by atoms with van der Waals surface area (Å²) >= 11 is 0. The normalized spacial score (nSPS) is 27.1. The van der Waals surface area contributed by atoms with Crippen LogP contribution in [-0.2, 0) is 0 Å². The molecule has 0 amide bonds. The lowest BCUT2D eigenvalue weighted by molar-refractivity contribution is 0.576. The zero-order valence-electron chi connectivity index (χ0n) is 11.7. The van der Waals surface area contributed by atoms with Crippen molar-refractivity contribution in [2.75, 3.05) is 0 Å². The first-order chi connectivity index (χ1) is 9.84. The molecule has 1 aromatic rings. The van der Waals surface area contributed by atoms with Crippen molar-refractivity contribution >= 4 is 6.08 Å². The Labute approximate surface area is 120 Å². The van der Waals surface area contributed by atoms with Gasteiger partial charge in [0.05, 0.1) is 0 Å². The van der Waals surface area contributed by atoms with E-state index in [2.05, 4.69) is 79.8 Å². The molecule has 0 aliphatic heterocycles. The van der Waals surface area contributed by atoms with Gasteiger partial charge in [-0.15, -0.1) is 0 Å². The number of hydrogen-bond donors (Lipinski definition) is 0. The van der Waals surface area contributed by atoms with Gasteiger partial charge in [0.15, 0.2) is 0 Å². The van der Waals surface area contributed by atoms with Crippen molar-refractivity contribution < 1.29 is 0 Å². The number of allylic oxidation sites excluding steroid dienone is 9. The van der Waals surface area contributed by atoms with E-state index in [1.807, 2.05) is 0 Å². The van der Waals surface area contributed by atoms with E-state index in [0.29, 0.717) is 17.8 Å². The summed E-state index contributed by atoms with van der Waals surface area (Å²) in [5.74, 6) is 1.56. The number of rotatable bonds is 2. The van der Waals surface area contributed by atoms with Crippen LogP contribution in [0.15, 0.2) is 77.9 Å². The van der Waals surface area contributed by atoms with Crippen LogP contribution in [0.3, 0.4) is 0 Å². The quantitative estimate of drug-likeness (QED) is 0.697. The molecule has 3 aliphatic rings. The van der Waals surface area contributed by atoms with Crippen molar-refractivity contribution in [3.05, 3.63) is 89.1 Å². The predicted octanol–water partition coefficient (Wildman–Crippen LogP) is 5.04. The van der Waals surface area contributed by atoms with Crippen molar-refractivity contribution in [2.24, 2.45) is 11.8 Å². The molecule has 0 nitrogen and oxygen atoms in total. The van der Waals surface area contributed by atoms with Crippen LogP contribution in [0, 0.1) is 11.8 Å². The van der Waals surface area contributed by atoms with Crippen LogP contribution in [0.25, 0.3) is 6.08 Å². The van der Waals surface area contributed by atoms with E-state index < -0.39 is 0 Å². The van der Waals surface area contributed by atoms with Crippen LogP contribution in [0.1, 0.15) is 24.0 Å². The number of benzene rings is 1. The lowest BCUT2D eigenvalue weighted by Crippen LogP contribution is -2.14. The zero-order chi connectivity index (χ0) is 13.5. The van der Waals surface area contributed by atoms with E-state index in [1.54, 1.807) is 5.57 Å². The van der Waals surface area contributed by atoms with E-state index in [0.717, 1.165) is 0 Å². The van der Waals surface area contributed by atoms with Gasteiger partial charge in [0.25, 0.3) is 0 Å². The Morgan fingerprint density at radius 2 is 1.85 bits per heavy atom. The van der Waals surface area contributed by atoms with E-state index in [9.17, 15) is 0 Å². The van der Waals surface area contributed by atoms with Crippen LogP contribution in [0.2, 0.25) is 0 Å². The highest BCUT2D eigenvalue weighted by molar-refractivity contribution is 5.63. The van der Waals surface area contributed by atoms with Gasteiger partial charge in [0.1, 0.15) is 0 Å². The van der Waals surface area contributed by atoms with Crippen molar-refractivity contribution in [1.82, 2.24) is 0 Å². The molecule has 0 bridgehead atoms. The average Bonchev–Trinajstić information content (AvgIpc) is 3.11. The lowest BCUT2D eigenvalue weighted by Gasteiger charge is -2.26. The smallest absolute Gasteiger partial charge is 0.0237 e. The first-order valence-electron chi connectivity index (χ1n) is 7.38. The second-order valence-corrected chi connectivity index (χ2v) is 5.86. The van der Waals surface area contributed by atoms with Gasteiger partial charge in [-0.25, -0.2) is 0 Å². The predicted molar refractivity (Wildman–Crippen MR) is 85.3 cm³/mol. The third-order valence-corrected chi connectivity index (χ3v) is 4.79. The molecule has 0 spiro atoms. The number of hydrogen-bond acceptors (Lipinski definition) is 0. The van der Waals surface area contributed by atoms with Crippen LogP contribution in [0.5, 0.6) is 0 Å². The Morgan fingerprint density at radius 1 is 0.950 bits per heavy atom. The van der Waals surface area contributed by atoms with Gasteiger partial charge in [0.2, 0.25) is 0 Å². The van der Waals surface area contributed by atoms with Gasteiger partial charge < -0.3 is 0 Å². The maximum atomic E-state index is 2.37. The molecule has 0 saturated carbocycles. The Morgan fingerprint density at radius 3 is 2.80 bits per heavy atom. The first-order valence-corrected chi connectivity index (χ1v) is 7.38. The summed E-state index contributed by atoms with van der Waals surface area (Å²) in [6.07, 6.45) is 18.1. The third kappa shape index (κ3) is 1.68. The SMILES string of the molecule is CC(C1=CC=C2C=CC=CC21)C1C=Cc2ccccc21. The summed E-state index contributed by atoms with van der Waals surface area (Å²) < 4.78 is 0. The summed E-state index contributed by atoms with van der Waals surface area (Å²) in [5.41, 5.74) is 5.84. The average molecular weight is 258 g/mol. The van der Waals surface area contributed by atoms with Crippen LogP contribution >= 0.6 is 0 Å². The fourth-order valence-corrected chi connectivity index (χ4v) is 3.67. The minimum absolute atomic E-state index is 0.496. The van der Waals surface area contributed by atoms with Gasteiger partial charge >= 0.3 is 0 Å². The molecule has 0 saturated heterocycles. The minimum atomic E-state index is 0.496. The standard InChI is InChI=1S/C20H18/c1-14(17-12-10-15-6-2-4-8-19(15)17)18-13-11-16-7-3-5-9-20(16)18/h2-14,17,20H,1H3. The molecule has 0 heterocycles. The first kappa shape index (κ1) is 11.7. The molecule has 1 aromatic carbocycles. The summed E-state index contributed by atoms with van der Waals surface area (Å²) in [4.78, 5) is 0. The van der Waals surface area contributed by atoms with E-state index >= 15 is 0 Å². The molecule has 0 N–H and O–H groups in total.